The minimum absolute atomic E-state index is 0.0486. The second kappa shape index (κ2) is 10.4. The molecule has 0 atom stereocenters. The molecule has 4 aromatic rings. The van der Waals surface area contributed by atoms with Gasteiger partial charge in [-0.15, -0.1) is 0 Å². The molecule has 3 aromatic carbocycles. The molecule has 8 nitrogen and oxygen atoms in total. The number of nitrogens with one attached hydrogen (secondary N) is 3. The van der Waals surface area contributed by atoms with Crippen LogP contribution >= 0.6 is 0 Å². The standard InChI is InChI=1S/C35H41N5O3/c1-34(2)19-24(20-35(3,4)38-34)37-33(42)26-21-40-28-17-22-9-5-6-10-23(22)18-29(28)43-32-27(12-11-25(30(32)40)31(26)41)36-13-16-39-14-7-8-15-39/h5-6,9-12,17-18,21,24,36,38H,7-8,13-16,19-20H2,1-4H3,(H,37,42). The Morgan fingerprint density at radius 2 is 1.70 bits per heavy atom. The molecular formula is C35H41N5O3. The highest BCUT2D eigenvalue weighted by Crippen LogP contribution is 2.45. The van der Waals surface area contributed by atoms with Crippen molar-refractivity contribution in [2.45, 2.75) is 70.5 Å². The van der Waals surface area contributed by atoms with Crippen molar-refractivity contribution in [3.05, 3.63) is 70.5 Å². The van der Waals surface area contributed by atoms with Gasteiger partial charge in [-0.3, -0.25) is 9.59 Å². The van der Waals surface area contributed by atoms with Gasteiger partial charge in [0.1, 0.15) is 11.1 Å². The Hall–Kier alpha value is -3.88. The topological polar surface area (TPSA) is 87.6 Å². The summed E-state index contributed by atoms with van der Waals surface area (Å²) in [5.74, 6) is 0.975. The average Bonchev–Trinajstić information content (AvgIpc) is 3.46. The van der Waals surface area contributed by atoms with E-state index in [1.807, 2.05) is 34.9 Å². The summed E-state index contributed by atoms with van der Waals surface area (Å²) in [5.41, 5.74) is 1.93. The fourth-order valence-electron chi connectivity index (χ4n) is 7.61. The zero-order valence-corrected chi connectivity index (χ0v) is 25.5. The van der Waals surface area contributed by atoms with Gasteiger partial charge in [0, 0.05) is 36.4 Å². The number of ether oxygens (including phenoxy) is 1. The van der Waals surface area contributed by atoms with E-state index < -0.39 is 0 Å². The Bertz CT molecular complexity index is 1790. The molecule has 1 aromatic heterocycles. The minimum atomic E-state index is -0.336. The molecule has 0 saturated carbocycles. The maximum Gasteiger partial charge on any atom is 0.257 e. The molecule has 43 heavy (non-hydrogen) atoms. The van der Waals surface area contributed by atoms with Crippen LogP contribution in [-0.4, -0.2) is 58.7 Å². The first-order chi connectivity index (χ1) is 20.6. The predicted octanol–water partition coefficient (Wildman–Crippen LogP) is 5.80. The van der Waals surface area contributed by atoms with Crippen LogP contribution in [0.3, 0.4) is 0 Å². The van der Waals surface area contributed by atoms with Crippen LogP contribution in [0, 0.1) is 0 Å². The summed E-state index contributed by atoms with van der Waals surface area (Å²) in [5, 5.41) is 13.0. The van der Waals surface area contributed by atoms with Crippen molar-refractivity contribution >= 4 is 33.3 Å². The Morgan fingerprint density at radius 3 is 2.42 bits per heavy atom. The fraction of sp³-hybridized carbons (Fsp3) is 0.429. The molecule has 8 heteroatoms. The molecule has 0 unspecified atom stereocenters. The van der Waals surface area contributed by atoms with Gasteiger partial charge in [-0.25, -0.2) is 0 Å². The normalized spacial score (nSPS) is 19.3. The third kappa shape index (κ3) is 5.27. The summed E-state index contributed by atoms with van der Waals surface area (Å²) >= 11 is 0. The molecule has 3 aliphatic rings. The summed E-state index contributed by atoms with van der Waals surface area (Å²) in [7, 11) is 0. The second-order valence-electron chi connectivity index (χ2n) is 13.8. The molecule has 4 heterocycles. The van der Waals surface area contributed by atoms with Gasteiger partial charge in [-0.1, -0.05) is 24.3 Å². The van der Waals surface area contributed by atoms with Crippen LogP contribution in [0.4, 0.5) is 5.69 Å². The van der Waals surface area contributed by atoms with Crippen LogP contribution in [0.2, 0.25) is 0 Å². The number of benzene rings is 3. The molecular weight excluding hydrogens is 538 g/mol. The van der Waals surface area contributed by atoms with Crippen molar-refractivity contribution in [1.82, 2.24) is 20.1 Å². The molecule has 3 aliphatic heterocycles. The van der Waals surface area contributed by atoms with E-state index in [1.165, 1.54) is 12.8 Å². The van der Waals surface area contributed by atoms with E-state index in [2.05, 4.69) is 66.7 Å². The van der Waals surface area contributed by atoms with Crippen LogP contribution in [-0.2, 0) is 0 Å². The number of carbonyl (C=O) groups is 1. The number of hydrogen-bond donors (Lipinski definition) is 3. The highest BCUT2D eigenvalue weighted by molar-refractivity contribution is 6.02. The van der Waals surface area contributed by atoms with E-state index in [1.54, 1.807) is 6.20 Å². The van der Waals surface area contributed by atoms with Crippen molar-refractivity contribution in [3.8, 4) is 17.2 Å². The van der Waals surface area contributed by atoms with Crippen molar-refractivity contribution in [2.75, 3.05) is 31.5 Å². The number of nitrogens with zero attached hydrogens (tertiary/aromatic N) is 2. The molecule has 1 amide bonds. The molecule has 7 rings (SSSR count). The Labute approximate surface area is 252 Å². The number of carbonyl (C=O) groups excluding carboxylic acids is 1. The lowest BCUT2D eigenvalue weighted by atomic mass is 9.79. The highest BCUT2D eigenvalue weighted by Gasteiger charge is 2.38. The van der Waals surface area contributed by atoms with E-state index in [4.69, 9.17) is 4.74 Å². The zero-order valence-electron chi connectivity index (χ0n) is 25.5. The smallest absolute Gasteiger partial charge is 0.257 e. The third-order valence-electron chi connectivity index (χ3n) is 9.13. The summed E-state index contributed by atoms with van der Waals surface area (Å²) < 4.78 is 8.57. The molecule has 2 fully saturated rings. The zero-order chi connectivity index (χ0) is 29.9. The monoisotopic (exact) mass is 579 g/mol. The van der Waals surface area contributed by atoms with E-state index in [0.717, 1.165) is 61.2 Å². The molecule has 0 radical (unpaired) electrons. The quantitative estimate of drug-likeness (QED) is 0.236. The Kier molecular flexibility index (Phi) is 6.74. The van der Waals surface area contributed by atoms with Crippen LogP contribution in [0.15, 0.2) is 59.5 Å². The molecule has 0 spiro atoms. The van der Waals surface area contributed by atoms with Gasteiger partial charge in [-0.05, 0) is 102 Å². The number of amides is 1. The maximum absolute atomic E-state index is 14.0. The van der Waals surface area contributed by atoms with E-state index in [0.29, 0.717) is 22.4 Å². The molecule has 0 bridgehead atoms. The summed E-state index contributed by atoms with van der Waals surface area (Å²) in [6.45, 7) is 12.6. The van der Waals surface area contributed by atoms with Crippen molar-refractivity contribution in [1.29, 1.82) is 0 Å². The van der Waals surface area contributed by atoms with E-state index >= 15 is 0 Å². The SMILES string of the molecule is CC1(C)CC(NC(=O)c2cn3c4c(c(NCCN5CCCC5)ccc4c2=O)Oc2cc4ccccc4cc2-3)CC(C)(C)N1. The number of fused-ring (bicyclic) bond motifs is 3. The molecule has 0 aliphatic carbocycles. The van der Waals surface area contributed by atoms with Crippen LogP contribution < -0.4 is 26.1 Å². The lowest BCUT2D eigenvalue weighted by molar-refractivity contribution is 0.0871. The predicted molar refractivity (Wildman–Crippen MR) is 173 cm³/mol. The number of anilines is 1. The van der Waals surface area contributed by atoms with Gasteiger partial charge in [0.05, 0.1) is 16.8 Å². The average molecular weight is 580 g/mol. The fourth-order valence-corrected chi connectivity index (χ4v) is 7.61. The van der Waals surface area contributed by atoms with Crippen molar-refractivity contribution in [3.63, 3.8) is 0 Å². The summed E-state index contributed by atoms with van der Waals surface area (Å²) in [4.78, 5) is 30.3. The van der Waals surface area contributed by atoms with Crippen molar-refractivity contribution in [2.24, 2.45) is 0 Å². The van der Waals surface area contributed by atoms with Gasteiger partial charge >= 0.3 is 0 Å². The lowest BCUT2D eigenvalue weighted by Crippen LogP contribution is -2.62. The summed E-state index contributed by atoms with van der Waals surface area (Å²) in [6.07, 6.45) is 5.78. The third-order valence-corrected chi connectivity index (χ3v) is 9.13. The first kappa shape index (κ1) is 27.9. The maximum atomic E-state index is 14.0. The largest absolute Gasteiger partial charge is 0.451 e. The number of likely N-dealkylation sites (tertiary alicyclic amines) is 1. The number of rotatable bonds is 6. The Morgan fingerprint density at radius 1 is 1.00 bits per heavy atom. The van der Waals surface area contributed by atoms with Gasteiger partial charge in [0.25, 0.3) is 5.91 Å². The first-order valence-corrected chi connectivity index (χ1v) is 15.6. The van der Waals surface area contributed by atoms with E-state index in [9.17, 15) is 9.59 Å². The lowest BCUT2D eigenvalue weighted by Gasteiger charge is -2.46. The molecule has 224 valence electrons. The Balaban J connectivity index is 1.31. The number of piperidine rings is 1. The van der Waals surface area contributed by atoms with Crippen LogP contribution in [0.5, 0.6) is 11.5 Å². The first-order valence-electron chi connectivity index (χ1n) is 15.6. The van der Waals surface area contributed by atoms with Crippen LogP contribution in [0.1, 0.15) is 63.7 Å². The molecule has 2 saturated heterocycles. The van der Waals surface area contributed by atoms with Crippen molar-refractivity contribution < 1.29 is 9.53 Å². The van der Waals surface area contributed by atoms with Gasteiger partial charge in [0.2, 0.25) is 5.43 Å². The van der Waals surface area contributed by atoms with Gasteiger partial charge < -0.3 is 30.2 Å². The van der Waals surface area contributed by atoms with Gasteiger partial charge in [0.15, 0.2) is 11.5 Å². The minimum Gasteiger partial charge on any atom is -0.451 e. The number of aromatic nitrogens is 1. The second-order valence-corrected chi connectivity index (χ2v) is 13.8. The van der Waals surface area contributed by atoms with Crippen LogP contribution in [0.25, 0.3) is 27.4 Å². The summed E-state index contributed by atoms with van der Waals surface area (Å²) in [6, 6.07) is 16.0. The number of pyridine rings is 1. The van der Waals surface area contributed by atoms with E-state index in [-0.39, 0.29) is 34.0 Å². The number of hydrogen-bond acceptors (Lipinski definition) is 6. The highest BCUT2D eigenvalue weighted by atomic mass is 16.5. The molecule has 3 N–H and O–H groups in total. The van der Waals surface area contributed by atoms with Gasteiger partial charge in [-0.2, -0.15) is 0 Å².